The average molecular weight is 226 g/mol. The second-order valence-corrected chi connectivity index (χ2v) is 5.68. The van der Waals surface area contributed by atoms with Crippen molar-refractivity contribution in [3.8, 4) is 0 Å². The third-order valence-electron chi connectivity index (χ3n) is 4.62. The molecule has 0 bridgehead atoms. The van der Waals surface area contributed by atoms with Gasteiger partial charge in [0.05, 0.1) is 0 Å². The molecule has 2 rings (SSSR count). The second kappa shape index (κ2) is 4.02. The van der Waals surface area contributed by atoms with E-state index in [1.54, 1.807) is 0 Å². The van der Waals surface area contributed by atoms with Gasteiger partial charge in [-0.25, -0.2) is 0 Å². The molecule has 0 aromatic carbocycles. The zero-order chi connectivity index (χ0) is 11.8. The van der Waals surface area contributed by atoms with E-state index in [0.29, 0.717) is 0 Å². The second-order valence-electron chi connectivity index (χ2n) is 5.68. The summed E-state index contributed by atoms with van der Waals surface area (Å²) in [5, 5.41) is 10.9. The highest BCUT2D eigenvalue weighted by atomic mass is 16.6. The summed E-state index contributed by atoms with van der Waals surface area (Å²) < 4.78 is 5.34. The Morgan fingerprint density at radius 2 is 1.88 bits per heavy atom. The predicted octanol–water partition coefficient (Wildman–Crippen LogP) is 2.41. The third-order valence-corrected chi connectivity index (χ3v) is 4.62. The monoisotopic (exact) mass is 226 g/mol. The molecule has 2 aliphatic carbocycles. The fourth-order valence-corrected chi connectivity index (χ4v) is 3.59. The average Bonchev–Trinajstić information content (AvgIpc) is 2.20. The molecule has 0 aromatic rings. The summed E-state index contributed by atoms with van der Waals surface area (Å²) in [7, 11) is 0. The molecule has 0 saturated heterocycles. The fourth-order valence-electron chi connectivity index (χ4n) is 3.59. The van der Waals surface area contributed by atoms with E-state index in [1.807, 2.05) is 0 Å². The van der Waals surface area contributed by atoms with E-state index in [-0.39, 0.29) is 17.5 Å². The molecule has 0 amide bonds. The zero-order valence-corrected chi connectivity index (χ0v) is 10.3. The number of carbonyl (C=O) groups excluding carboxylic acids is 1. The van der Waals surface area contributed by atoms with E-state index in [1.165, 1.54) is 13.3 Å². The zero-order valence-electron chi connectivity index (χ0n) is 10.3. The van der Waals surface area contributed by atoms with Crippen LogP contribution in [-0.2, 0) is 9.53 Å². The Labute approximate surface area is 97.2 Å². The summed E-state index contributed by atoms with van der Waals surface area (Å²) in [5.74, 6) is -0.270. The van der Waals surface area contributed by atoms with E-state index in [4.69, 9.17) is 4.74 Å². The third kappa shape index (κ3) is 1.75. The summed E-state index contributed by atoms with van der Waals surface area (Å²) in [6, 6.07) is 0. The van der Waals surface area contributed by atoms with E-state index in [9.17, 15) is 9.90 Å². The summed E-state index contributed by atoms with van der Waals surface area (Å²) in [4.78, 5) is 11.1. The lowest BCUT2D eigenvalue weighted by molar-refractivity contribution is -0.213. The Kier molecular flexibility index (Phi) is 2.99. The molecule has 0 heterocycles. The van der Waals surface area contributed by atoms with Gasteiger partial charge in [-0.15, -0.1) is 0 Å². The van der Waals surface area contributed by atoms with E-state index in [0.717, 1.165) is 38.5 Å². The topological polar surface area (TPSA) is 46.5 Å². The number of rotatable bonds is 1. The lowest BCUT2D eigenvalue weighted by atomic mass is 9.56. The van der Waals surface area contributed by atoms with Gasteiger partial charge in [-0.2, -0.15) is 0 Å². The molecule has 0 spiro atoms. The maximum atomic E-state index is 11.1. The highest BCUT2D eigenvalue weighted by Crippen LogP contribution is 2.53. The van der Waals surface area contributed by atoms with Crippen LogP contribution < -0.4 is 0 Å². The Bertz CT molecular complexity index is 285. The number of hydrogen-bond acceptors (Lipinski definition) is 3. The number of hydrogen-bond donors (Lipinski definition) is 1. The molecule has 2 aliphatic rings. The first kappa shape index (κ1) is 11.9. The molecule has 2 saturated carbocycles. The molecule has 0 unspecified atom stereocenters. The molecule has 0 radical (unpaired) electrons. The van der Waals surface area contributed by atoms with Crippen molar-refractivity contribution in [1.29, 1.82) is 0 Å². The summed E-state index contributed by atoms with van der Waals surface area (Å²) in [5.41, 5.74) is -0.835. The molecular weight excluding hydrogens is 204 g/mol. The van der Waals surface area contributed by atoms with Crippen molar-refractivity contribution in [2.24, 2.45) is 5.41 Å². The molecule has 3 nitrogen and oxygen atoms in total. The minimum Gasteiger partial charge on any atom is -0.459 e. The van der Waals surface area contributed by atoms with Crippen LogP contribution in [-0.4, -0.2) is 22.8 Å². The smallest absolute Gasteiger partial charge is 0.303 e. The van der Waals surface area contributed by atoms with Crippen molar-refractivity contribution in [2.45, 2.75) is 70.5 Å². The maximum absolute atomic E-state index is 11.1. The van der Waals surface area contributed by atoms with Crippen molar-refractivity contribution in [2.75, 3.05) is 0 Å². The quantitative estimate of drug-likeness (QED) is 0.698. The van der Waals surface area contributed by atoms with Gasteiger partial charge in [-0.3, -0.25) is 4.79 Å². The lowest BCUT2D eigenvalue weighted by Gasteiger charge is -2.54. The molecule has 16 heavy (non-hydrogen) atoms. The van der Waals surface area contributed by atoms with Gasteiger partial charge >= 0.3 is 5.97 Å². The van der Waals surface area contributed by atoms with Crippen LogP contribution in [0.2, 0.25) is 0 Å². The number of aliphatic hydroxyl groups is 1. The number of fused-ring (bicyclic) bond motifs is 1. The Morgan fingerprint density at radius 1 is 1.25 bits per heavy atom. The first-order chi connectivity index (χ1) is 7.48. The van der Waals surface area contributed by atoms with Gasteiger partial charge in [0.25, 0.3) is 0 Å². The fraction of sp³-hybridized carbons (Fsp3) is 0.923. The first-order valence-electron chi connectivity index (χ1n) is 6.38. The first-order valence-corrected chi connectivity index (χ1v) is 6.38. The van der Waals surface area contributed by atoms with Crippen LogP contribution in [0, 0.1) is 5.41 Å². The van der Waals surface area contributed by atoms with Crippen molar-refractivity contribution >= 4 is 5.97 Å². The molecule has 3 atom stereocenters. The van der Waals surface area contributed by atoms with Gasteiger partial charge in [-0.1, -0.05) is 19.8 Å². The Balaban J connectivity index is 2.22. The van der Waals surface area contributed by atoms with Crippen molar-refractivity contribution < 1.29 is 14.6 Å². The van der Waals surface area contributed by atoms with Gasteiger partial charge < -0.3 is 9.84 Å². The van der Waals surface area contributed by atoms with Crippen LogP contribution in [0.15, 0.2) is 0 Å². The van der Waals surface area contributed by atoms with E-state index >= 15 is 0 Å². The van der Waals surface area contributed by atoms with E-state index in [2.05, 4.69) is 6.92 Å². The van der Waals surface area contributed by atoms with Gasteiger partial charge in [0.15, 0.2) is 0 Å². The van der Waals surface area contributed by atoms with Crippen LogP contribution in [0.5, 0.6) is 0 Å². The molecular formula is C13H22O3. The molecule has 2 fully saturated rings. The predicted molar refractivity (Wildman–Crippen MR) is 60.9 cm³/mol. The molecule has 1 N–H and O–H groups in total. The minimum atomic E-state index is -0.783. The molecule has 92 valence electrons. The highest BCUT2D eigenvalue weighted by molar-refractivity contribution is 5.66. The van der Waals surface area contributed by atoms with Gasteiger partial charge in [0.1, 0.15) is 11.7 Å². The molecule has 0 aliphatic heterocycles. The summed E-state index contributed by atoms with van der Waals surface area (Å²) >= 11 is 0. The van der Waals surface area contributed by atoms with Crippen LogP contribution in [0.25, 0.3) is 0 Å². The molecule has 3 heteroatoms. The number of esters is 1. The summed E-state index contributed by atoms with van der Waals surface area (Å²) in [6.07, 6.45) is 6.70. The Hall–Kier alpha value is -0.570. The van der Waals surface area contributed by atoms with Crippen molar-refractivity contribution in [3.63, 3.8) is 0 Å². The lowest BCUT2D eigenvalue weighted by Crippen LogP contribution is -2.60. The summed E-state index contributed by atoms with van der Waals surface area (Å²) in [6.45, 7) is 3.58. The molecule has 0 aromatic heterocycles. The van der Waals surface area contributed by atoms with Gasteiger partial charge in [0.2, 0.25) is 0 Å². The van der Waals surface area contributed by atoms with Crippen LogP contribution in [0.3, 0.4) is 0 Å². The van der Waals surface area contributed by atoms with Crippen LogP contribution in [0.1, 0.15) is 58.8 Å². The standard InChI is InChI=1S/C13H22O3/c1-10(14)16-11-6-5-8-12(2)7-3-4-9-13(11,12)15/h11,15H,3-9H2,1-2H3/t11-,12-,13+/m1/s1. The Morgan fingerprint density at radius 3 is 2.56 bits per heavy atom. The number of ether oxygens (including phenoxy) is 1. The number of carbonyl (C=O) groups is 1. The largest absolute Gasteiger partial charge is 0.459 e. The van der Waals surface area contributed by atoms with Gasteiger partial charge in [-0.05, 0) is 37.5 Å². The van der Waals surface area contributed by atoms with Crippen molar-refractivity contribution in [1.82, 2.24) is 0 Å². The SMILES string of the molecule is CC(=O)O[C@@H]1CCC[C@@]2(C)CCCC[C@]12O. The minimum absolute atomic E-state index is 0.0520. The van der Waals surface area contributed by atoms with E-state index < -0.39 is 5.60 Å². The van der Waals surface area contributed by atoms with Crippen LogP contribution >= 0.6 is 0 Å². The van der Waals surface area contributed by atoms with Crippen molar-refractivity contribution in [3.05, 3.63) is 0 Å². The van der Waals surface area contributed by atoms with Crippen LogP contribution in [0.4, 0.5) is 0 Å². The van der Waals surface area contributed by atoms with Gasteiger partial charge in [0, 0.05) is 6.92 Å². The highest BCUT2D eigenvalue weighted by Gasteiger charge is 2.56. The maximum Gasteiger partial charge on any atom is 0.303 e. The normalized spacial score (nSPS) is 43.6.